The van der Waals surface area contributed by atoms with Crippen molar-refractivity contribution in [1.82, 2.24) is 0 Å². The number of hydrogen-bond donors (Lipinski definition) is 1. The van der Waals surface area contributed by atoms with Crippen molar-refractivity contribution in [3.63, 3.8) is 0 Å². The second-order valence-corrected chi connectivity index (χ2v) is 3.79. The van der Waals surface area contributed by atoms with E-state index in [-0.39, 0.29) is 28.5 Å². The number of alkyl halides is 3. The van der Waals surface area contributed by atoms with Crippen LogP contribution in [0.1, 0.15) is 17.6 Å². The van der Waals surface area contributed by atoms with Gasteiger partial charge in [-0.15, -0.1) is 24.2 Å². The zero-order chi connectivity index (χ0) is 11.4. The molecule has 0 saturated heterocycles. The molecule has 0 aliphatic carbocycles. The first-order valence-corrected chi connectivity index (χ1v) is 5.20. The molecule has 0 radical (unpaired) electrons. The third-order valence-electron chi connectivity index (χ3n) is 1.88. The van der Waals surface area contributed by atoms with Gasteiger partial charge in [-0.2, -0.15) is 0 Å². The van der Waals surface area contributed by atoms with Crippen molar-refractivity contribution >= 4 is 30.0 Å². The minimum absolute atomic E-state index is 0.0806. The average Bonchev–Trinajstić information content (AvgIpc) is 2.20. The lowest BCUT2D eigenvalue weighted by atomic mass is 10.1. The zero-order valence-corrected chi connectivity index (χ0v) is 9.36. The van der Waals surface area contributed by atoms with Gasteiger partial charge in [0.05, 0.1) is 5.88 Å². The minimum atomic E-state index is -2.58. The van der Waals surface area contributed by atoms with Crippen LogP contribution in [0.5, 0.6) is 0 Å². The van der Waals surface area contributed by atoms with Crippen LogP contribution in [-0.4, -0.2) is 11.7 Å². The van der Waals surface area contributed by atoms with Crippen LogP contribution in [0, 0.1) is 0 Å². The van der Waals surface area contributed by atoms with Gasteiger partial charge in [0.25, 0.3) is 6.43 Å². The molecule has 15 heavy (non-hydrogen) atoms. The lowest BCUT2D eigenvalue weighted by Gasteiger charge is -2.06. The molecule has 5 heteroatoms. The molecule has 0 atom stereocenters. The summed E-state index contributed by atoms with van der Waals surface area (Å²) in [5.41, 5.74) is 0.381. The monoisotopic (exact) mass is 250 g/mol. The highest BCUT2D eigenvalue weighted by Gasteiger charge is 2.12. The maximum Gasteiger partial charge on any atom is 0.264 e. The normalized spacial score (nSPS) is 10.7. The van der Waals surface area contributed by atoms with Crippen LogP contribution < -0.4 is 0 Å². The Hall–Kier alpha value is -0.610. The number of thiol groups is 1. The second kappa shape index (κ2) is 5.47. The van der Waals surface area contributed by atoms with Gasteiger partial charge in [-0.1, -0.05) is 6.07 Å². The largest absolute Gasteiger partial charge is 0.298 e. The van der Waals surface area contributed by atoms with Crippen molar-refractivity contribution in [2.24, 2.45) is 0 Å². The van der Waals surface area contributed by atoms with Gasteiger partial charge in [0.1, 0.15) is 0 Å². The van der Waals surface area contributed by atoms with Crippen molar-refractivity contribution in [2.45, 2.75) is 17.7 Å². The minimum Gasteiger partial charge on any atom is -0.298 e. The molecule has 1 rings (SSSR count). The number of halogens is 3. The van der Waals surface area contributed by atoms with E-state index in [4.69, 9.17) is 11.6 Å². The van der Waals surface area contributed by atoms with E-state index in [0.29, 0.717) is 5.56 Å². The van der Waals surface area contributed by atoms with Gasteiger partial charge in [0.15, 0.2) is 5.78 Å². The summed E-state index contributed by atoms with van der Waals surface area (Å²) >= 11 is 9.23. The first-order chi connectivity index (χ1) is 7.04. The molecule has 1 aromatic rings. The van der Waals surface area contributed by atoms with Crippen LogP contribution in [0.15, 0.2) is 23.1 Å². The number of hydrogen-bond acceptors (Lipinski definition) is 2. The van der Waals surface area contributed by atoms with Gasteiger partial charge < -0.3 is 0 Å². The Morgan fingerprint density at radius 3 is 2.67 bits per heavy atom. The SMILES string of the molecule is O=C(CCl)Cc1ccc(S)c(C(F)F)c1. The van der Waals surface area contributed by atoms with E-state index < -0.39 is 6.43 Å². The van der Waals surface area contributed by atoms with E-state index in [2.05, 4.69) is 12.6 Å². The zero-order valence-electron chi connectivity index (χ0n) is 7.71. The van der Waals surface area contributed by atoms with Crippen molar-refractivity contribution in [3.05, 3.63) is 29.3 Å². The first-order valence-electron chi connectivity index (χ1n) is 4.22. The number of benzene rings is 1. The molecule has 0 aliphatic heterocycles. The number of rotatable bonds is 4. The van der Waals surface area contributed by atoms with Gasteiger partial charge in [-0.05, 0) is 17.7 Å². The fourth-order valence-corrected chi connectivity index (χ4v) is 1.49. The van der Waals surface area contributed by atoms with Crippen LogP contribution in [-0.2, 0) is 11.2 Å². The van der Waals surface area contributed by atoms with Crippen molar-refractivity contribution in [1.29, 1.82) is 0 Å². The third-order valence-corrected chi connectivity index (χ3v) is 2.58. The smallest absolute Gasteiger partial charge is 0.264 e. The molecule has 0 spiro atoms. The predicted octanol–water partition coefficient (Wildman–Crippen LogP) is 3.26. The maximum absolute atomic E-state index is 12.5. The van der Waals surface area contributed by atoms with Crippen LogP contribution in [0.25, 0.3) is 0 Å². The number of ketones is 1. The van der Waals surface area contributed by atoms with Crippen molar-refractivity contribution in [2.75, 3.05) is 5.88 Å². The van der Waals surface area contributed by atoms with Crippen LogP contribution in [0.4, 0.5) is 8.78 Å². The summed E-state index contributed by atoms with van der Waals surface area (Å²) in [5, 5.41) is 0. The topological polar surface area (TPSA) is 17.1 Å². The van der Waals surface area contributed by atoms with E-state index in [9.17, 15) is 13.6 Å². The van der Waals surface area contributed by atoms with Crippen LogP contribution >= 0.6 is 24.2 Å². The molecule has 0 bridgehead atoms. The molecule has 1 nitrogen and oxygen atoms in total. The molecule has 0 saturated carbocycles. The second-order valence-electron chi connectivity index (χ2n) is 3.04. The fourth-order valence-electron chi connectivity index (χ4n) is 1.16. The van der Waals surface area contributed by atoms with E-state index in [0.717, 1.165) is 0 Å². The van der Waals surface area contributed by atoms with Gasteiger partial charge in [0, 0.05) is 16.9 Å². The molecular weight excluding hydrogens is 242 g/mol. The molecule has 0 unspecified atom stereocenters. The highest BCUT2D eigenvalue weighted by molar-refractivity contribution is 7.80. The van der Waals surface area contributed by atoms with E-state index in [1.165, 1.54) is 12.1 Å². The molecule has 82 valence electrons. The molecule has 0 amide bonds. The quantitative estimate of drug-likeness (QED) is 0.641. The Morgan fingerprint density at radius 1 is 1.47 bits per heavy atom. The van der Waals surface area contributed by atoms with Gasteiger partial charge in [-0.25, -0.2) is 8.78 Å². The van der Waals surface area contributed by atoms with Gasteiger partial charge in [0.2, 0.25) is 0 Å². The summed E-state index contributed by atoms with van der Waals surface area (Å²) in [7, 11) is 0. The Morgan fingerprint density at radius 2 is 2.13 bits per heavy atom. The van der Waals surface area contributed by atoms with E-state index in [1.54, 1.807) is 6.07 Å². The molecule has 0 aromatic heterocycles. The molecule has 0 heterocycles. The highest BCUT2D eigenvalue weighted by atomic mass is 35.5. The van der Waals surface area contributed by atoms with Gasteiger partial charge in [-0.3, -0.25) is 4.79 Å². The lowest BCUT2D eigenvalue weighted by Crippen LogP contribution is -2.04. The Kier molecular flexibility index (Phi) is 4.54. The van der Waals surface area contributed by atoms with Crippen molar-refractivity contribution in [3.8, 4) is 0 Å². The Labute approximate surface area is 96.8 Å². The average molecular weight is 251 g/mol. The Bertz CT molecular complexity index is 368. The molecule has 0 N–H and O–H groups in total. The van der Waals surface area contributed by atoms with Gasteiger partial charge >= 0.3 is 0 Å². The summed E-state index contributed by atoms with van der Waals surface area (Å²) in [6.45, 7) is 0. The molecule has 0 fully saturated rings. The molecular formula is C10H9ClF2OS. The number of carbonyl (C=O) groups excluding carboxylic acids is 1. The van der Waals surface area contributed by atoms with E-state index in [1.807, 2.05) is 0 Å². The molecule has 1 aromatic carbocycles. The van der Waals surface area contributed by atoms with Crippen LogP contribution in [0.3, 0.4) is 0 Å². The summed E-state index contributed by atoms with van der Waals surface area (Å²) < 4.78 is 24.9. The summed E-state index contributed by atoms with van der Waals surface area (Å²) in [4.78, 5) is 11.2. The van der Waals surface area contributed by atoms with Crippen molar-refractivity contribution < 1.29 is 13.6 Å². The fraction of sp³-hybridized carbons (Fsp3) is 0.300. The lowest BCUT2D eigenvalue weighted by molar-refractivity contribution is -0.116. The number of carbonyl (C=O) groups is 1. The predicted molar refractivity (Wildman–Crippen MR) is 58.1 cm³/mol. The standard InChI is InChI=1S/C10H9ClF2OS/c11-5-7(14)3-6-1-2-9(15)8(4-6)10(12)13/h1-2,4,10,15H,3,5H2. The summed E-state index contributed by atoms with van der Waals surface area (Å²) in [6, 6.07) is 4.34. The summed E-state index contributed by atoms with van der Waals surface area (Å²) in [5.74, 6) is -0.295. The van der Waals surface area contributed by atoms with E-state index >= 15 is 0 Å². The van der Waals surface area contributed by atoms with Crippen LogP contribution in [0.2, 0.25) is 0 Å². The number of Topliss-reactive ketones (excluding diaryl/α,β-unsaturated/α-hetero) is 1. The summed E-state index contributed by atoms with van der Waals surface area (Å²) in [6.07, 6.45) is -2.50. The first kappa shape index (κ1) is 12.5. The molecule has 0 aliphatic rings. The Balaban J connectivity index is 2.92. The highest BCUT2D eigenvalue weighted by Crippen LogP contribution is 2.26. The maximum atomic E-state index is 12.5. The third kappa shape index (κ3) is 3.47.